The summed E-state index contributed by atoms with van der Waals surface area (Å²) in [6.45, 7) is 7.73. The summed E-state index contributed by atoms with van der Waals surface area (Å²) in [6.07, 6.45) is 3.50. The summed E-state index contributed by atoms with van der Waals surface area (Å²) in [5, 5.41) is 0. The standard InChI is InChI=1S/C14H21N2.ClH/c1-12-7-13(2)9-14(8-12)10-16-6-4-5-15(3)11-16;/h7-9,11H,4-6,10H2,1-3H3;1H/q+1;/p-1. The number of aryl methyl sites for hydroxylation is 2. The van der Waals surface area contributed by atoms with E-state index in [2.05, 4.69) is 54.9 Å². The fraction of sp³-hybridized carbons (Fsp3) is 0.500. The maximum absolute atomic E-state index is 2.40. The van der Waals surface area contributed by atoms with Crippen molar-refractivity contribution in [1.29, 1.82) is 0 Å². The van der Waals surface area contributed by atoms with Crippen LogP contribution < -0.4 is 12.4 Å². The molecule has 0 bridgehead atoms. The van der Waals surface area contributed by atoms with Gasteiger partial charge in [0.1, 0.15) is 6.54 Å². The number of hydrogen-bond acceptors (Lipinski definition) is 1. The van der Waals surface area contributed by atoms with Gasteiger partial charge in [-0.3, -0.25) is 9.48 Å². The van der Waals surface area contributed by atoms with Gasteiger partial charge in [-0.1, -0.05) is 29.3 Å². The van der Waals surface area contributed by atoms with Crippen LogP contribution in [0.2, 0.25) is 0 Å². The van der Waals surface area contributed by atoms with Gasteiger partial charge < -0.3 is 12.4 Å². The molecule has 17 heavy (non-hydrogen) atoms. The average Bonchev–Trinajstić information content (AvgIpc) is 2.15. The molecule has 0 aliphatic carbocycles. The third-order valence-corrected chi connectivity index (χ3v) is 2.98. The van der Waals surface area contributed by atoms with Crippen LogP contribution >= 0.6 is 0 Å². The van der Waals surface area contributed by atoms with Gasteiger partial charge in [-0.2, -0.15) is 0 Å². The zero-order valence-corrected chi connectivity index (χ0v) is 11.7. The summed E-state index contributed by atoms with van der Waals surface area (Å²) in [7, 11) is 2.15. The molecule has 2 rings (SSSR count). The summed E-state index contributed by atoms with van der Waals surface area (Å²) >= 11 is 0. The van der Waals surface area contributed by atoms with Gasteiger partial charge in [-0.15, -0.1) is 0 Å². The third kappa shape index (κ3) is 4.04. The number of nitrogens with zero attached hydrogens (tertiary/aromatic N) is 2. The molecule has 0 atom stereocenters. The molecule has 0 fully saturated rings. The zero-order valence-electron chi connectivity index (χ0n) is 10.9. The van der Waals surface area contributed by atoms with E-state index in [0.717, 1.165) is 6.54 Å². The van der Waals surface area contributed by atoms with Crippen LogP contribution in [-0.4, -0.2) is 36.0 Å². The second-order valence-corrected chi connectivity index (χ2v) is 4.92. The first-order valence-electron chi connectivity index (χ1n) is 6.00. The summed E-state index contributed by atoms with van der Waals surface area (Å²) in [6, 6.07) is 6.81. The van der Waals surface area contributed by atoms with Gasteiger partial charge in [0.05, 0.1) is 20.1 Å². The molecule has 0 amide bonds. The second-order valence-electron chi connectivity index (χ2n) is 4.92. The molecule has 1 aliphatic heterocycles. The van der Waals surface area contributed by atoms with E-state index >= 15 is 0 Å². The minimum absolute atomic E-state index is 0. The lowest BCUT2D eigenvalue weighted by Gasteiger charge is -2.19. The highest BCUT2D eigenvalue weighted by molar-refractivity contribution is 5.49. The Labute approximate surface area is 110 Å². The van der Waals surface area contributed by atoms with Crippen molar-refractivity contribution in [1.82, 2.24) is 4.90 Å². The van der Waals surface area contributed by atoms with Crippen molar-refractivity contribution < 1.29 is 17.0 Å². The minimum atomic E-state index is 0. The summed E-state index contributed by atoms with van der Waals surface area (Å²) < 4.78 is 2.27. The zero-order chi connectivity index (χ0) is 11.5. The predicted octanol–water partition coefficient (Wildman–Crippen LogP) is -0.816. The number of benzene rings is 1. The van der Waals surface area contributed by atoms with Crippen LogP contribution in [0.3, 0.4) is 0 Å². The Morgan fingerprint density at radius 3 is 2.41 bits per heavy atom. The first-order chi connectivity index (χ1) is 7.63. The van der Waals surface area contributed by atoms with E-state index in [4.69, 9.17) is 0 Å². The molecule has 2 nitrogen and oxygen atoms in total. The molecule has 3 heteroatoms. The molecule has 1 aromatic carbocycles. The highest BCUT2D eigenvalue weighted by Crippen LogP contribution is 2.11. The van der Waals surface area contributed by atoms with Gasteiger partial charge >= 0.3 is 0 Å². The topological polar surface area (TPSA) is 6.25 Å². The van der Waals surface area contributed by atoms with Crippen molar-refractivity contribution in [2.45, 2.75) is 26.8 Å². The lowest BCUT2D eigenvalue weighted by atomic mass is 10.1. The molecule has 1 heterocycles. The van der Waals surface area contributed by atoms with E-state index in [9.17, 15) is 0 Å². The molecule has 1 aliphatic rings. The quantitative estimate of drug-likeness (QED) is 0.624. The Balaban J connectivity index is 0.00000144. The maximum atomic E-state index is 2.40. The highest BCUT2D eigenvalue weighted by atomic mass is 35.5. The van der Waals surface area contributed by atoms with Crippen LogP contribution in [0.15, 0.2) is 18.2 Å². The van der Waals surface area contributed by atoms with Crippen molar-refractivity contribution in [3.63, 3.8) is 0 Å². The van der Waals surface area contributed by atoms with Crippen molar-refractivity contribution in [3.8, 4) is 0 Å². The molecule has 94 valence electrons. The van der Waals surface area contributed by atoms with Crippen molar-refractivity contribution in [2.24, 2.45) is 0 Å². The predicted molar refractivity (Wildman–Crippen MR) is 68.1 cm³/mol. The Morgan fingerprint density at radius 1 is 1.18 bits per heavy atom. The van der Waals surface area contributed by atoms with E-state index < -0.39 is 0 Å². The summed E-state index contributed by atoms with van der Waals surface area (Å²) in [5.74, 6) is 0. The fourth-order valence-electron chi connectivity index (χ4n) is 2.43. The van der Waals surface area contributed by atoms with Gasteiger partial charge in [-0.25, -0.2) is 0 Å². The Hall–Kier alpha value is -1.02. The van der Waals surface area contributed by atoms with Gasteiger partial charge in [-0.05, 0) is 19.4 Å². The molecule has 0 radical (unpaired) electrons. The molecule has 0 saturated carbocycles. The van der Waals surface area contributed by atoms with Gasteiger partial charge in [0.25, 0.3) is 0 Å². The maximum Gasteiger partial charge on any atom is 0.234 e. The average molecular weight is 253 g/mol. The summed E-state index contributed by atoms with van der Waals surface area (Å²) in [4.78, 5) is 2.40. The van der Waals surface area contributed by atoms with Crippen LogP contribution in [0, 0.1) is 13.8 Å². The molecular weight excluding hydrogens is 232 g/mol. The number of halogens is 1. The highest BCUT2D eigenvalue weighted by Gasteiger charge is 2.14. The van der Waals surface area contributed by atoms with E-state index in [1.54, 1.807) is 0 Å². The molecule has 0 unspecified atom stereocenters. The monoisotopic (exact) mass is 252 g/mol. The summed E-state index contributed by atoms with van der Waals surface area (Å²) in [5.41, 5.74) is 4.14. The molecule has 0 spiro atoms. The number of rotatable bonds is 2. The van der Waals surface area contributed by atoms with E-state index in [-0.39, 0.29) is 12.4 Å². The van der Waals surface area contributed by atoms with E-state index in [0.29, 0.717) is 0 Å². The Morgan fingerprint density at radius 2 is 1.82 bits per heavy atom. The molecule has 1 aromatic rings. The van der Waals surface area contributed by atoms with Gasteiger partial charge in [0.2, 0.25) is 6.34 Å². The van der Waals surface area contributed by atoms with Crippen LogP contribution in [0.5, 0.6) is 0 Å². The molecule has 0 N–H and O–H groups in total. The number of hydrogen-bond donors (Lipinski definition) is 0. The SMILES string of the molecule is Cc1cc(C)cc(CN2C=[N+](C)CCC2)c1.[Cl-]. The van der Waals surface area contributed by atoms with Crippen molar-refractivity contribution in [2.75, 3.05) is 20.1 Å². The van der Waals surface area contributed by atoms with Crippen LogP contribution in [0.4, 0.5) is 0 Å². The fourth-order valence-corrected chi connectivity index (χ4v) is 2.43. The van der Waals surface area contributed by atoms with Crippen molar-refractivity contribution in [3.05, 3.63) is 34.9 Å². The second kappa shape index (κ2) is 6.06. The molecule has 0 aromatic heterocycles. The van der Waals surface area contributed by atoms with Crippen molar-refractivity contribution >= 4 is 6.34 Å². The van der Waals surface area contributed by atoms with Gasteiger partial charge in [0.15, 0.2) is 0 Å². The van der Waals surface area contributed by atoms with Crippen LogP contribution in [-0.2, 0) is 6.54 Å². The Bertz CT molecular complexity index is 392. The minimum Gasteiger partial charge on any atom is -1.00 e. The Kier molecular flexibility index (Phi) is 5.01. The smallest absolute Gasteiger partial charge is 0.234 e. The molecule has 0 saturated heterocycles. The van der Waals surface area contributed by atoms with E-state index in [1.807, 2.05) is 0 Å². The van der Waals surface area contributed by atoms with E-state index in [1.165, 1.54) is 36.2 Å². The molecular formula is C14H21ClN2. The normalized spacial score (nSPS) is 15.2. The van der Waals surface area contributed by atoms with Gasteiger partial charge in [0, 0.05) is 6.42 Å². The lowest BCUT2D eigenvalue weighted by molar-refractivity contribution is -0.503. The lowest BCUT2D eigenvalue weighted by Crippen LogP contribution is -3.00. The van der Waals surface area contributed by atoms with Crippen LogP contribution in [0.25, 0.3) is 0 Å². The largest absolute Gasteiger partial charge is 1.00 e. The third-order valence-electron chi connectivity index (χ3n) is 2.98. The van der Waals surface area contributed by atoms with Crippen LogP contribution in [0.1, 0.15) is 23.1 Å². The first kappa shape index (κ1) is 14.0. The first-order valence-corrected chi connectivity index (χ1v) is 6.00.